The Morgan fingerprint density at radius 2 is 2.06 bits per heavy atom. The van der Waals surface area contributed by atoms with Crippen molar-refractivity contribution in [2.75, 3.05) is 19.8 Å². The number of fused-ring (bicyclic) bond motifs is 1. The van der Waals surface area contributed by atoms with E-state index in [2.05, 4.69) is 6.58 Å². The van der Waals surface area contributed by atoms with E-state index in [1.54, 1.807) is 34.6 Å². The van der Waals surface area contributed by atoms with Crippen LogP contribution in [0.25, 0.3) is 0 Å². The van der Waals surface area contributed by atoms with Crippen LogP contribution in [0.4, 0.5) is 0 Å². The van der Waals surface area contributed by atoms with Gasteiger partial charge in [0.2, 0.25) is 11.8 Å². The Balaban J connectivity index is 2.11. The van der Waals surface area contributed by atoms with E-state index >= 15 is 0 Å². The van der Waals surface area contributed by atoms with Crippen LogP contribution in [-0.4, -0.2) is 80.6 Å². The van der Waals surface area contributed by atoms with E-state index in [4.69, 9.17) is 4.74 Å². The predicted octanol–water partition coefficient (Wildman–Crippen LogP) is 2.08. The molecule has 3 heterocycles. The highest BCUT2D eigenvalue weighted by Crippen LogP contribution is 2.67. The average molecular weight is 453 g/mol. The molecule has 2 amide bonds. The second kappa shape index (κ2) is 9.14. The number of amides is 2. The normalized spacial score (nSPS) is 32.5. The number of hydrogen-bond donors (Lipinski definition) is 1. The van der Waals surface area contributed by atoms with Crippen molar-refractivity contribution in [3.8, 4) is 0 Å². The fraction of sp³-hybridized carbons (Fsp3) is 0.783. The summed E-state index contributed by atoms with van der Waals surface area (Å²) in [4.78, 5) is 44.1. The number of carbonyl (C=O) groups is 3. The third kappa shape index (κ3) is 3.69. The molecule has 31 heavy (non-hydrogen) atoms. The Bertz CT molecular complexity index is 741. The lowest BCUT2D eigenvalue weighted by atomic mass is 9.71. The first-order valence-corrected chi connectivity index (χ1v) is 12.2. The van der Waals surface area contributed by atoms with Gasteiger partial charge in [-0.25, -0.2) is 0 Å². The van der Waals surface area contributed by atoms with Crippen LogP contribution >= 0.6 is 11.8 Å². The van der Waals surface area contributed by atoms with Crippen molar-refractivity contribution >= 4 is 29.5 Å². The van der Waals surface area contributed by atoms with Crippen molar-refractivity contribution in [3.63, 3.8) is 0 Å². The molecule has 2 bridgehead atoms. The van der Waals surface area contributed by atoms with Gasteiger partial charge in [-0.05, 0) is 39.5 Å². The van der Waals surface area contributed by atoms with E-state index in [0.717, 1.165) is 6.42 Å². The number of ether oxygens (including phenoxy) is 1. The summed E-state index contributed by atoms with van der Waals surface area (Å²) in [5.41, 5.74) is 0. The highest BCUT2D eigenvalue weighted by Gasteiger charge is 2.75. The van der Waals surface area contributed by atoms with Gasteiger partial charge in [0.25, 0.3) is 0 Å². The highest BCUT2D eigenvalue weighted by molar-refractivity contribution is 8.02. The molecule has 3 aliphatic rings. The van der Waals surface area contributed by atoms with Gasteiger partial charge in [0.1, 0.15) is 6.04 Å². The van der Waals surface area contributed by atoms with E-state index in [9.17, 15) is 19.5 Å². The van der Waals surface area contributed by atoms with Crippen molar-refractivity contribution in [2.45, 2.75) is 75.6 Å². The molecule has 1 N–H and O–H groups in total. The lowest BCUT2D eigenvalue weighted by molar-refractivity contribution is -0.154. The molecule has 0 aliphatic carbocycles. The Hall–Kier alpha value is -1.54. The molecule has 7 nitrogen and oxygen atoms in total. The molecular formula is C23H36N2O5S. The summed E-state index contributed by atoms with van der Waals surface area (Å²) in [6.07, 6.45) is 3.18. The maximum atomic E-state index is 14.0. The van der Waals surface area contributed by atoms with Crippen LogP contribution in [-0.2, 0) is 19.1 Å². The SMILES string of the molecule is C=CCN(C(=O)C1N([C@@H](CO)C(C)C)C(=O)[C@@H]2[C@@H](C(=O)OCC)[C@H]3CCC12S3)C(C)C. The summed E-state index contributed by atoms with van der Waals surface area (Å²) in [5, 5.41) is 10.2. The fourth-order valence-corrected chi connectivity index (χ4v) is 7.89. The number of aliphatic hydroxyl groups is 1. The number of likely N-dealkylation sites (tertiary alicyclic amines) is 1. The van der Waals surface area contributed by atoms with Gasteiger partial charge < -0.3 is 19.6 Å². The van der Waals surface area contributed by atoms with Crippen molar-refractivity contribution < 1.29 is 24.2 Å². The minimum Gasteiger partial charge on any atom is -0.466 e. The molecular weight excluding hydrogens is 416 g/mol. The Morgan fingerprint density at radius 3 is 2.58 bits per heavy atom. The fourth-order valence-electron chi connectivity index (χ4n) is 5.71. The van der Waals surface area contributed by atoms with Gasteiger partial charge >= 0.3 is 5.97 Å². The number of esters is 1. The first-order valence-electron chi connectivity index (χ1n) is 11.3. The van der Waals surface area contributed by atoms with Crippen LogP contribution in [0.2, 0.25) is 0 Å². The summed E-state index contributed by atoms with van der Waals surface area (Å²) in [6, 6.07) is -1.25. The lowest BCUT2D eigenvalue weighted by Crippen LogP contribution is -2.59. The maximum Gasteiger partial charge on any atom is 0.310 e. The Kier molecular flexibility index (Phi) is 7.11. The zero-order chi connectivity index (χ0) is 23.1. The van der Waals surface area contributed by atoms with Crippen molar-refractivity contribution in [2.24, 2.45) is 17.8 Å². The van der Waals surface area contributed by atoms with Crippen molar-refractivity contribution in [1.29, 1.82) is 0 Å². The van der Waals surface area contributed by atoms with E-state index in [0.29, 0.717) is 13.0 Å². The molecule has 3 fully saturated rings. The lowest BCUT2D eigenvalue weighted by Gasteiger charge is -2.41. The molecule has 2 unspecified atom stereocenters. The van der Waals surface area contributed by atoms with E-state index < -0.39 is 28.7 Å². The second-order valence-electron chi connectivity index (χ2n) is 9.42. The minimum absolute atomic E-state index is 0.0102. The molecule has 0 aromatic carbocycles. The standard InChI is InChI=1S/C23H36N2O5S/c1-7-11-24(14(5)6)21(28)19-23-10-9-16(31-23)17(22(29)30-8-2)18(23)20(27)25(19)15(12-26)13(3)4/h7,13-19,26H,1,8-12H2,2-6H3/t15-,16+,17-,18-,19?,23?/m0/s1. The molecule has 174 valence electrons. The van der Waals surface area contributed by atoms with Crippen molar-refractivity contribution in [3.05, 3.63) is 12.7 Å². The number of rotatable bonds is 9. The van der Waals surface area contributed by atoms with Gasteiger partial charge in [-0.1, -0.05) is 19.9 Å². The van der Waals surface area contributed by atoms with Gasteiger partial charge in [0, 0.05) is 17.8 Å². The average Bonchev–Trinajstić information content (AvgIpc) is 3.34. The molecule has 8 heteroatoms. The van der Waals surface area contributed by atoms with Crippen LogP contribution < -0.4 is 0 Å². The van der Waals surface area contributed by atoms with Crippen LogP contribution in [0.1, 0.15) is 47.5 Å². The summed E-state index contributed by atoms with van der Waals surface area (Å²) >= 11 is 1.62. The predicted molar refractivity (Wildman–Crippen MR) is 120 cm³/mol. The van der Waals surface area contributed by atoms with Gasteiger partial charge in [-0.3, -0.25) is 14.4 Å². The van der Waals surface area contributed by atoms with E-state index in [-0.39, 0.29) is 48.2 Å². The van der Waals surface area contributed by atoms with Crippen molar-refractivity contribution in [1.82, 2.24) is 9.80 Å². The van der Waals surface area contributed by atoms with Crippen LogP contribution in [0.5, 0.6) is 0 Å². The molecule has 6 atom stereocenters. The van der Waals surface area contributed by atoms with E-state index in [1.165, 1.54) is 0 Å². The first-order chi connectivity index (χ1) is 14.7. The molecule has 1 spiro atoms. The number of nitrogens with zero attached hydrogens (tertiary/aromatic N) is 2. The molecule has 3 saturated heterocycles. The molecule has 3 aliphatic heterocycles. The third-order valence-electron chi connectivity index (χ3n) is 7.08. The molecule has 0 saturated carbocycles. The third-order valence-corrected chi connectivity index (χ3v) is 9.03. The van der Waals surface area contributed by atoms with Gasteiger partial charge in [0.05, 0.1) is 35.8 Å². The van der Waals surface area contributed by atoms with Gasteiger partial charge in [-0.15, -0.1) is 18.3 Å². The largest absolute Gasteiger partial charge is 0.466 e. The minimum atomic E-state index is -0.707. The summed E-state index contributed by atoms with van der Waals surface area (Å²) in [6.45, 7) is 13.8. The van der Waals surface area contributed by atoms with Crippen LogP contribution in [0.15, 0.2) is 12.7 Å². The molecule has 0 aromatic heterocycles. The Morgan fingerprint density at radius 1 is 1.39 bits per heavy atom. The van der Waals surface area contributed by atoms with E-state index in [1.807, 2.05) is 27.7 Å². The van der Waals surface area contributed by atoms with Crippen LogP contribution in [0, 0.1) is 17.8 Å². The topological polar surface area (TPSA) is 87.2 Å². The molecule has 0 radical (unpaired) electrons. The zero-order valence-electron chi connectivity index (χ0n) is 19.2. The second-order valence-corrected chi connectivity index (χ2v) is 11.0. The monoisotopic (exact) mass is 452 g/mol. The summed E-state index contributed by atoms with van der Waals surface area (Å²) in [7, 11) is 0. The molecule has 3 rings (SSSR count). The van der Waals surface area contributed by atoms with Gasteiger partial charge in [0.15, 0.2) is 0 Å². The first kappa shape index (κ1) is 24.1. The van der Waals surface area contributed by atoms with Gasteiger partial charge in [-0.2, -0.15) is 0 Å². The maximum absolute atomic E-state index is 14.0. The Labute approximate surface area is 189 Å². The quantitative estimate of drug-likeness (QED) is 0.426. The summed E-state index contributed by atoms with van der Waals surface area (Å²) < 4.78 is 4.68. The number of hydrogen-bond acceptors (Lipinski definition) is 6. The smallest absolute Gasteiger partial charge is 0.310 e. The number of aliphatic hydroxyl groups excluding tert-OH is 1. The van der Waals surface area contributed by atoms with Crippen LogP contribution in [0.3, 0.4) is 0 Å². The summed E-state index contributed by atoms with van der Waals surface area (Å²) in [5.74, 6) is -1.82. The number of thioether (sulfide) groups is 1. The number of carbonyl (C=O) groups excluding carboxylic acids is 3. The highest BCUT2D eigenvalue weighted by atomic mass is 32.2. The molecule has 0 aromatic rings. The zero-order valence-corrected chi connectivity index (χ0v) is 20.1.